The maximum Gasteiger partial charge on any atom is 0.0469 e. The van der Waals surface area contributed by atoms with Gasteiger partial charge in [-0.1, -0.05) is 24.3 Å². The molecule has 1 aromatic rings. The van der Waals surface area contributed by atoms with Crippen molar-refractivity contribution >= 4 is 0 Å². The molecule has 0 amide bonds. The highest BCUT2D eigenvalue weighted by atomic mass is 16.5. The van der Waals surface area contributed by atoms with Gasteiger partial charge in [0.1, 0.15) is 0 Å². The van der Waals surface area contributed by atoms with E-state index in [9.17, 15) is 0 Å². The molecule has 2 heteroatoms. The zero-order valence-corrected chi connectivity index (χ0v) is 12.6. The van der Waals surface area contributed by atoms with Crippen molar-refractivity contribution in [3.05, 3.63) is 35.4 Å². The van der Waals surface area contributed by atoms with Crippen molar-refractivity contribution in [1.82, 2.24) is 5.32 Å². The number of hydrogen-bond donors (Lipinski definition) is 1. The number of aryl methyl sites for hydroxylation is 1. The predicted octanol–water partition coefficient (Wildman–Crippen LogP) is 3.51. The molecular weight excluding hydrogens is 246 g/mol. The van der Waals surface area contributed by atoms with E-state index in [4.69, 9.17) is 4.74 Å². The maximum atomic E-state index is 5.51. The predicted molar refractivity (Wildman–Crippen MR) is 83.1 cm³/mol. The minimum atomic E-state index is 0.648. The first kappa shape index (κ1) is 14.1. The number of nitrogens with one attached hydrogen (secondary N) is 1. The van der Waals surface area contributed by atoms with E-state index >= 15 is 0 Å². The van der Waals surface area contributed by atoms with Crippen LogP contribution in [0.25, 0.3) is 0 Å². The fraction of sp³-hybridized carbons (Fsp3) is 0.667. The molecule has 3 rings (SSSR count). The topological polar surface area (TPSA) is 21.3 Å². The van der Waals surface area contributed by atoms with Gasteiger partial charge in [-0.25, -0.2) is 0 Å². The summed E-state index contributed by atoms with van der Waals surface area (Å²) in [5.74, 6) is 1.54. The van der Waals surface area contributed by atoms with Crippen LogP contribution < -0.4 is 5.32 Å². The quantitative estimate of drug-likeness (QED) is 0.906. The summed E-state index contributed by atoms with van der Waals surface area (Å²) in [6, 6.07) is 9.73. The summed E-state index contributed by atoms with van der Waals surface area (Å²) in [6.45, 7) is 1.90. The fourth-order valence-corrected chi connectivity index (χ4v) is 4.07. The molecule has 1 aliphatic carbocycles. The Morgan fingerprint density at radius 1 is 1.20 bits per heavy atom. The molecule has 0 saturated carbocycles. The first-order valence-corrected chi connectivity index (χ1v) is 8.21. The lowest BCUT2D eigenvalue weighted by Gasteiger charge is -2.34. The van der Waals surface area contributed by atoms with Gasteiger partial charge in [-0.15, -0.1) is 0 Å². The molecule has 1 fully saturated rings. The van der Waals surface area contributed by atoms with Crippen molar-refractivity contribution in [2.75, 3.05) is 20.3 Å². The minimum absolute atomic E-state index is 0.648. The van der Waals surface area contributed by atoms with Crippen molar-refractivity contribution in [1.29, 1.82) is 0 Å². The fourth-order valence-electron chi connectivity index (χ4n) is 4.07. The average molecular weight is 273 g/mol. The van der Waals surface area contributed by atoms with E-state index in [1.54, 1.807) is 11.1 Å². The second kappa shape index (κ2) is 6.73. The SMILES string of the molecule is CNC(CC1CCCc2ccccc21)C1CCOCC1. The summed E-state index contributed by atoms with van der Waals surface area (Å²) in [5.41, 5.74) is 3.21. The van der Waals surface area contributed by atoms with Crippen LogP contribution in [0.1, 0.15) is 49.1 Å². The third-order valence-electron chi connectivity index (χ3n) is 5.24. The molecule has 2 aliphatic rings. The van der Waals surface area contributed by atoms with Crippen LogP contribution in [0, 0.1) is 5.92 Å². The number of hydrogen-bond acceptors (Lipinski definition) is 2. The molecule has 1 N–H and O–H groups in total. The smallest absolute Gasteiger partial charge is 0.0469 e. The zero-order chi connectivity index (χ0) is 13.8. The monoisotopic (exact) mass is 273 g/mol. The number of rotatable bonds is 4. The molecule has 1 saturated heterocycles. The molecule has 1 aliphatic heterocycles. The maximum absolute atomic E-state index is 5.51. The molecule has 2 atom stereocenters. The van der Waals surface area contributed by atoms with Gasteiger partial charge in [0.2, 0.25) is 0 Å². The molecule has 0 radical (unpaired) electrons. The lowest BCUT2D eigenvalue weighted by atomic mass is 9.76. The Balaban J connectivity index is 1.70. The van der Waals surface area contributed by atoms with Gasteiger partial charge < -0.3 is 10.1 Å². The molecule has 0 aromatic heterocycles. The first-order valence-electron chi connectivity index (χ1n) is 8.21. The van der Waals surface area contributed by atoms with Crippen LogP contribution in [0.5, 0.6) is 0 Å². The Hall–Kier alpha value is -0.860. The van der Waals surface area contributed by atoms with Crippen LogP contribution in [-0.2, 0) is 11.2 Å². The van der Waals surface area contributed by atoms with Crippen molar-refractivity contribution < 1.29 is 4.74 Å². The second-order valence-corrected chi connectivity index (χ2v) is 6.37. The van der Waals surface area contributed by atoms with Crippen molar-refractivity contribution in [3.63, 3.8) is 0 Å². The lowest BCUT2D eigenvalue weighted by molar-refractivity contribution is 0.0524. The van der Waals surface area contributed by atoms with Gasteiger partial charge >= 0.3 is 0 Å². The van der Waals surface area contributed by atoms with Crippen LogP contribution in [0.4, 0.5) is 0 Å². The third-order valence-corrected chi connectivity index (χ3v) is 5.24. The second-order valence-electron chi connectivity index (χ2n) is 6.37. The molecule has 1 heterocycles. The summed E-state index contributed by atoms with van der Waals surface area (Å²) in [5, 5.41) is 3.59. The highest BCUT2D eigenvalue weighted by Gasteiger charge is 2.28. The number of ether oxygens (including phenoxy) is 1. The molecule has 0 spiro atoms. The molecule has 0 bridgehead atoms. The Labute approximate surface area is 122 Å². The first-order chi connectivity index (χ1) is 9.88. The van der Waals surface area contributed by atoms with E-state index in [0.717, 1.165) is 25.0 Å². The van der Waals surface area contributed by atoms with Gasteiger partial charge in [0, 0.05) is 19.3 Å². The average Bonchev–Trinajstić information content (AvgIpc) is 2.53. The highest BCUT2D eigenvalue weighted by molar-refractivity contribution is 5.32. The zero-order valence-electron chi connectivity index (χ0n) is 12.6. The van der Waals surface area contributed by atoms with Crippen molar-refractivity contribution in [2.45, 2.75) is 50.5 Å². The normalized spacial score (nSPS) is 25.1. The summed E-state index contributed by atoms with van der Waals surface area (Å²) in [4.78, 5) is 0. The Bertz CT molecular complexity index is 425. The summed E-state index contributed by atoms with van der Waals surface area (Å²) in [7, 11) is 2.13. The molecule has 2 nitrogen and oxygen atoms in total. The highest BCUT2D eigenvalue weighted by Crippen LogP contribution is 2.36. The Kier molecular flexibility index (Phi) is 4.74. The van der Waals surface area contributed by atoms with Gasteiger partial charge in [0.15, 0.2) is 0 Å². The van der Waals surface area contributed by atoms with Gasteiger partial charge in [0.25, 0.3) is 0 Å². The van der Waals surface area contributed by atoms with E-state index in [-0.39, 0.29) is 0 Å². The largest absolute Gasteiger partial charge is 0.381 e. The van der Waals surface area contributed by atoms with Crippen molar-refractivity contribution in [3.8, 4) is 0 Å². The van der Waals surface area contributed by atoms with E-state index in [2.05, 4.69) is 36.6 Å². The van der Waals surface area contributed by atoms with Gasteiger partial charge in [-0.3, -0.25) is 0 Å². The molecular formula is C18H27NO. The number of benzene rings is 1. The molecule has 110 valence electrons. The molecule has 20 heavy (non-hydrogen) atoms. The van der Waals surface area contributed by atoms with E-state index in [0.29, 0.717) is 6.04 Å². The third kappa shape index (κ3) is 3.07. The Morgan fingerprint density at radius 3 is 2.80 bits per heavy atom. The lowest BCUT2D eigenvalue weighted by Crippen LogP contribution is -2.38. The Morgan fingerprint density at radius 2 is 2.00 bits per heavy atom. The summed E-state index contributed by atoms with van der Waals surface area (Å²) >= 11 is 0. The van der Waals surface area contributed by atoms with Crippen LogP contribution in [-0.4, -0.2) is 26.3 Å². The number of fused-ring (bicyclic) bond motifs is 1. The van der Waals surface area contributed by atoms with Crippen molar-refractivity contribution in [2.24, 2.45) is 5.92 Å². The van der Waals surface area contributed by atoms with Crippen LogP contribution in [0.15, 0.2) is 24.3 Å². The van der Waals surface area contributed by atoms with Gasteiger partial charge in [-0.2, -0.15) is 0 Å². The van der Waals surface area contributed by atoms with Gasteiger partial charge in [-0.05, 0) is 68.5 Å². The minimum Gasteiger partial charge on any atom is -0.381 e. The van der Waals surface area contributed by atoms with Crippen LogP contribution >= 0.6 is 0 Å². The standard InChI is InChI=1S/C18H27NO/c1-19-18(15-9-11-20-12-10-15)13-16-7-4-6-14-5-2-3-8-17(14)16/h2-3,5,8,15-16,18-19H,4,6-7,9-13H2,1H3. The van der Waals surface area contributed by atoms with E-state index in [1.165, 1.54) is 38.5 Å². The summed E-state index contributed by atoms with van der Waals surface area (Å²) < 4.78 is 5.51. The van der Waals surface area contributed by atoms with Gasteiger partial charge in [0.05, 0.1) is 0 Å². The summed E-state index contributed by atoms with van der Waals surface area (Å²) in [6.07, 6.45) is 7.72. The van der Waals surface area contributed by atoms with Crippen LogP contribution in [0.2, 0.25) is 0 Å². The molecule has 1 aromatic carbocycles. The molecule has 2 unspecified atom stereocenters. The van der Waals surface area contributed by atoms with E-state index in [1.807, 2.05) is 0 Å². The van der Waals surface area contributed by atoms with Crippen LogP contribution in [0.3, 0.4) is 0 Å². The van der Waals surface area contributed by atoms with E-state index < -0.39 is 0 Å².